The minimum atomic E-state index is 0.197. The van der Waals surface area contributed by atoms with Crippen LogP contribution in [-0.2, 0) is 0 Å². The zero-order valence-corrected chi connectivity index (χ0v) is 16.4. The molecule has 0 bridgehead atoms. The van der Waals surface area contributed by atoms with Gasteiger partial charge < -0.3 is 15.4 Å². The number of ether oxygens (including phenoxy) is 1. The normalized spacial score (nSPS) is 11.4. The highest BCUT2D eigenvalue weighted by Crippen LogP contribution is 2.26. The van der Waals surface area contributed by atoms with Crippen LogP contribution in [-0.4, -0.2) is 42.9 Å². The maximum absolute atomic E-state index is 5.17. The first-order chi connectivity index (χ1) is 13.0. The standard InChI is InChI=1S/C18H26N8O/c1-6-12(7-2)21-15-8-13(22-14-9-16(27-5)20-10-19-14)18-24-23-17(11(3)4)26(18)25-15/h8-12H,6-7H2,1-5H3,(H,21,25)(H,19,20,22). The van der Waals surface area contributed by atoms with Crippen LogP contribution >= 0.6 is 0 Å². The second-order valence-corrected chi connectivity index (χ2v) is 6.62. The third-order valence-corrected chi connectivity index (χ3v) is 4.36. The van der Waals surface area contributed by atoms with Crippen molar-refractivity contribution in [1.82, 2.24) is 29.8 Å². The molecule has 3 aromatic rings. The van der Waals surface area contributed by atoms with Crippen LogP contribution in [0.15, 0.2) is 18.5 Å². The smallest absolute Gasteiger partial charge is 0.218 e. The van der Waals surface area contributed by atoms with Crippen molar-refractivity contribution in [2.75, 3.05) is 17.7 Å². The Morgan fingerprint density at radius 3 is 2.52 bits per heavy atom. The summed E-state index contributed by atoms with van der Waals surface area (Å²) in [6, 6.07) is 4.01. The highest BCUT2D eigenvalue weighted by Gasteiger charge is 2.17. The molecule has 9 heteroatoms. The molecular weight excluding hydrogens is 344 g/mol. The van der Waals surface area contributed by atoms with Crippen molar-refractivity contribution < 1.29 is 4.74 Å². The molecule has 0 unspecified atom stereocenters. The molecule has 0 saturated heterocycles. The molecule has 0 fully saturated rings. The Balaban J connectivity index is 2.05. The number of hydrogen-bond acceptors (Lipinski definition) is 8. The molecule has 0 radical (unpaired) electrons. The van der Waals surface area contributed by atoms with Gasteiger partial charge in [-0.05, 0) is 12.8 Å². The molecule has 0 amide bonds. The number of anilines is 3. The number of methoxy groups -OCH3 is 1. The van der Waals surface area contributed by atoms with Crippen LogP contribution in [0.25, 0.3) is 5.65 Å². The van der Waals surface area contributed by atoms with E-state index < -0.39 is 0 Å². The van der Waals surface area contributed by atoms with Gasteiger partial charge in [-0.3, -0.25) is 0 Å². The Kier molecular flexibility index (Phi) is 5.68. The molecular formula is C18H26N8O. The molecule has 9 nitrogen and oxygen atoms in total. The molecule has 0 saturated carbocycles. The average Bonchev–Trinajstić information content (AvgIpc) is 3.10. The third kappa shape index (κ3) is 4.07. The van der Waals surface area contributed by atoms with Crippen LogP contribution in [0.3, 0.4) is 0 Å². The highest BCUT2D eigenvalue weighted by molar-refractivity contribution is 5.74. The average molecular weight is 370 g/mol. The minimum Gasteiger partial charge on any atom is -0.481 e. The lowest BCUT2D eigenvalue weighted by atomic mass is 10.2. The fourth-order valence-electron chi connectivity index (χ4n) is 2.78. The zero-order valence-electron chi connectivity index (χ0n) is 16.4. The van der Waals surface area contributed by atoms with Crippen molar-refractivity contribution in [3.8, 4) is 5.88 Å². The molecule has 0 spiro atoms. The van der Waals surface area contributed by atoms with Crippen molar-refractivity contribution in [2.45, 2.75) is 52.5 Å². The number of nitrogens with one attached hydrogen (secondary N) is 2. The number of aromatic nitrogens is 6. The van der Waals surface area contributed by atoms with E-state index in [1.165, 1.54) is 6.33 Å². The van der Waals surface area contributed by atoms with Gasteiger partial charge in [-0.1, -0.05) is 27.7 Å². The van der Waals surface area contributed by atoms with Gasteiger partial charge in [0, 0.05) is 24.1 Å². The summed E-state index contributed by atoms with van der Waals surface area (Å²) in [4.78, 5) is 8.29. The van der Waals surface area contributed by atoms with Crippen LogP contribution in [0.2, 0.25) is 0 Å². The van der Waals surface area contributed by atoms with E-state index in [0.29, 0.717) is 23.4 Å². The van der Waals surface area contributed by atoms with E-state index in [4.69, 9.17) is 9.84 Å². The summed E-state index contributed by atoms with van der Waals surface area (Å²) in [5, 5.41) is 20.1. The molecule has 0 aliphatic carbocycles. The van der Waals surface area contributed by atoms with Gasteiger partial charge in [-0.15, -0.1) is 15.3 Å². The van der Waals surface area contributed by atoms with Crippen LogP contribution in [0, 0.1) is 0 Å². The molecule has 144 valence electrons. The third-order valence-electron chi connectivity index (χ3n) is 4.36. The van der Waals surface area contributed by atoms with Crippen molar-refractivity contribution in [3.05, 3.63) is 24.3 Å². The highest BCUT2D eigenvalue weighted by atomic mass is 16.5. The van der Waals surface area contributed by atoms with Crippen LogP contribution < -0.4 is 15.4 Å². The number of rotatable bonds is 8. The molecule has 0 aromatic carbocycles. The lowest BCUT2D eigenvalue weighted by molar-refractivity contribution is 0.397. The molecule has 0 aliphatic rings. The Morgan fingerprint density at radius 1 is 1.07 bits per heavy atom. The molecule has 0 atom stereocenters. The van der Waals surface area contributed by atoms with Crippen molar-refractivity contribution in [1.29, 1.82) is 0 Å². The Morgan fingerprint density at radius 2 is 1.85 bits per heavy atom. The first-order valence-corrected chi connectivity index (χ1v) is 9.21. The molecule has 3 heterocycles. The summed E-state index contributed by atoms with van der Waals surface area (Å²) in [6.07, 6.45) is 3.48. The van der Waals surface area contributed by atoms with Gasteiger partial charge in [0.2, 0.25) is 11.5 Å². The second-order valence-electron chi connectivity index (χ2n) is 6.62. The van der Waals surface area contributed by atoms with E-state index in [1.807, 2.05) is 6.07 Å². The van der Waals surface area contributed by atoms with E-state index in [0.717, 1.165) is 30.2 Å². The first-order valence-electron chi connectivity index (χ1n) is 9.21. The molecule has 3 rings (SSSR count). The summed E-state index contributed by atoms with van der Waals surface area (Å²) in [7, 11) is 1.57. The van der Waals surface area contributed by atoms with Crippen LogP contribution in [0.1, 0.15) is 52.3 Å². The number of nitrogens with zero attached hydrogens (tertiary/aromatic N) is 6. The molecule has 3 aromatic heterocycles. The molecule has 0 aliphatic heterocycles. The zero-order chi connectivity index (χ0) is 19.4. The predicted molar refractivity (Wildman–Crippen MR) is 105 cm³/mol. The van der Waals surface area contributed by atoms with Crippen molar-refractivity contribution >= 4 is 23.0 Å². The summed E-state index contributed by atoms with van der Waals surface area (Å²) >= 11 is 0. The fourth-order valence-corrected chi connectivity index (χ4v) is 2.78. The van der Waals surface area contributed by atoms with Crippen LogP contribution in [0.4, 0.5) is 17.3 Å². The number of hydrogen-bond donors (Lipinski definition) is 2. The van der Waals surface area contributed by atoms with E-state index in [2.05, 4.69) is 58.5 Å². The molecule has 27 heavy (non-hydrogen) atoms. The largest absolute Gasteiger partial charge is 0.481 e. The van der Waals surface area contributed by atoms with E-state index in [-0.39, 0.29) is 5.92 Å². The monoisotopic (exact) mass is 370 g/mol. The second kappa shape index (κ2) is 8.15. The van der Waals surface area contributed by atoms with Gasteiger partial charge in [0.05, 0.1) is 12.8 Å². The first kappa shape index (κ1) is 18.8. The molecule has 2 N–H and O–H groups in total. The van der Waals surface area contributed by atoms with Gasteiger partial charge in [0.15, 0.2) is 5.82 Å². The van der Waals surface area contributed by atoms with Gasteiger partial charge in [-0.2, -0.15) is 4.52 Å². The predicted octanol–water partition coefficient (Wildman–Crippen LogP) is 3.39. The Hall–Kier alpha value is -2.97. The Bertz CT molecular complexity index is 904. The fraction of sp³-hybridized carbons (Fsp3) is 0.500. The lowest BCUT2D eigenvalue weighted by Gasteiger charge is -2.17. The van der Waals surface area contributed by atoms with Gasteiger partial charge in [-0.25, -0.2) is 9.97 Å². The summed E-state index contributed by atoms with van der Waals surface area (Å²) in [6.45, 7) is 8.46. The van der Waals surface area contributed by atoms with Crippen molar-refractivity contribution in [2.24, 2.45) is 0 Å². The minimum absolute atomic E-state index is 0.197. The van der Waals surface area contributed by atoms with Gasteiger partial charge in [0.25, 0.3) is 0 Å². The summed E-state index contributed by atoms with van der Waals surface area (Å²) in [5.74, 6) is 2.86. The van der Waals surface area contributed by atoms with E-state index in [9.17, 15) is 0 Å². The van der Waals surface area contributed by atoms with E-state index >= 15 is 0 Å². The summed E-state index contributed by atoms with van der Waals surface area (Å²) in [5.41, 5.74) is 1.41. The lowest BCUT2D eigenvalue weighted by Crippen LogP contribution is -2.19. The SMILES string of the molecule is CCC(CC)Nc1cc(Nc2cc(OC)ncn2)c2nnc(C(C)C)n2n1. The quantitative estimate of drug-likeness (QED) is 0.622. The van der Waals surface area contributed by atoms with Crippen LogP contribution in [0.5, 0.6) is 5.88 Å². The van der Waals surface area contributed by atoms with Gasteiger partial charge >= 0.3 is 0 Å². The van der Waals surface area contributed by atoms with Crippen molar-refractivity contribution in [3.63, 3.8) is 0 Å². The van der Waals surface area contributed by atoms with Gasteiger partial charge in [0.1, 0.15) is 18.0 Å². The Labute approximate surface area is 158 Å². The maximum Gasteiger partial charge on any atom is 0.218 e. The maximum atomic E-state index is 5.17. The number of fused-ring (bicyclic) bond motifs is 1. The summed E-state index contributed by atoms with van der Waals surface area (Å²) < 4.78 is 6.96. The topological polar surface area (TPSA) is 102 Å². The van der Waals surface area contributed by atoms with E-state index in [1.54, 1.807) is 17.7 Å².